The fraction of sp³-hybridized carbons (Fsp3) is 0.714. The van der Waals surface area contributed by atoms with Crippen LogP contribution in [0.1, 0.15) is 19.8 Å². The lowest BCUT2D eigenvalue weighted by atomic mass is 10.3. The van der Waals surface area contributed by atoms with Crippen molar-refractivity contribution in [2.45, 2.75) is 25.9 Å². The second-order valence-corrected chi connectivity index (χ2v) is 1.87. The van der Waals surface area contributed by atoms with E-state index in [1.165, 1.54) is 0 Å². The van der Waals surface area contributed by atoms with E-state index in [0.717, 1.165) is 19.4 Å². The standard InChI is InChI=1S/C7H10O/c1-2-3-4-5-7-6-8-7/h7H,2,5-6H2,1H3. The first-order valence-corrected chi connectivity index (χ1v) is 3.01. The van der Waals surface area contributed by atoms with Crippen LogP contribution >= 0.6 is 0 Å². The van der Waals surface area contributed by atoms with E-state index < -0.39 is 0 Å². The van der Waals surface area contributed by atoms with Crippen molar-refractivity contribution >= 4 is 0 Å². The van der Waals surface area contributed by atoms with Gasteiger partial charge in [-0.2, -0.15) is 0 Å². The van der Waals surface area contributed by atoms with Crippen molar-refractivity contribution < 1.29 is 4.74 Å². The molecule has 0 bridgehead atoms. The number of rotatable bonds is 1. The molecule has 8 heavy (non-hydrogen) atoms. The van der Waals surface area contributed by atoms with Gasteiger partial charge in [0.25, 0.3) is 0 Å². The average Bonchev–Trinajstić information content (AvgIpc) is 2.51. The highest BCUT2D eigenvalue weighted by atomic mass is 16.6. The Hall–Kier alpha value is -0.480. The van der Waals surface area contributed by atoms with E-state index in [0.29, 0.717) is 6.10 Å². The lowest BCUT2D eigenvalue weighted by Gasteiger charge is -1.74. The third kappa shape index (κ3) is 1.99. The Balaban J connectivity index is 2.01. The summed E-state index contributed by atoms with van der Waals surface area (Å²) in [5.74, 6) is 6.01. The Morgan fingerprint density at radius 1 is 1.62 bits per heavy atom. The Morgan fingerprint density at radius 2 is 2.38 bits per heavy atom. The maximum absolute atomic E-state index is 4.95. The van der Waals surface area contributed by atoms with Gasteiger partial charge >= 0.3 is 0 Å². The van der Waals surface area contributed by atoms with E-state index in [2.05, 4.69) is 18.8 Å². The lowest BCUT2D eigenvalue weighted by molar-refractivity contribution is 0.412. The highest BCUT2D eigenvalue weighted by Gasteiger charge is 2.20. The summed E-state index contributed by atoms with van der Waals surface area (Å²) < 4.78 is 4.95. The molecular weight excluding hydrogens is 100 g/mol. The van der Waals surface area contributed by atoms with Gasteiger partial charge in [-0.1, -0.05) is 6.92 Å². The molecule has 0 amide bonds. The van der Waals surface area contributed by atoms with Crippen LogP contribution in [0.25, 0.3) is 0 Å². The van der Waals surface area contributed by atoms with E-state index in [-0.39, 0.29) is 0 Å². The molecule has 0 aromatic rings. The van der Waals surface area contributed by atoms with Crippen molar-refractivity contribution in [3.05, 3.63) is 0 Å². The zero-order chi connectivity index (χ0) is 5.82. The lowest BCUT2D eigenvalue weighted by Crippen LogP contribution is -1.77. The van der Waals surface area contributed by atoms with Crippen LogP contribution in [0.4, 0.5) is 0 Å². The highest BCUT2D eigenvalue weighted by Crippen LogP contribution is 2.11. The number of epoxide rings is 1. The van der Waals surface area contributed by atoms with Crippen LogP contribution in [-0.4, -0.2) is 12.7 Å². The molecule has 1 rings (SSSR count). The fourth-order valence-corrected chi connectivity index (χ4v) is 0.497. The topological polar surface area (TPSA) is 12.5 Å². The van der Waals surface area contributed by atoms with Crippen LogP contribution in [0.15, 0.2) is 0 Å². The minimum atomic E-state index is 0.481. The first kappa shape index (κ1) is 5.65. The third-order valence-electron chi connectivity index (χ3n) is 1.03. The Labute approximate surface area is 50.0 Å². The first-order valence-electron chi connectivity index (χ1n) is 3.01. The van der Waals surface area contributed by atoms with Gasteiger partial charge in [-0.05, 0) is 0 Å². The van der Waals surface area contributed by atoms with Gasteiger partial charge in [-0.15, -0.1) is 11.8 Å². The fourth-order valence-electron chi connectivity index (χ4n) is 0.497. The van der Waals surface area contributed by atoms with Gasteiger partial charge in [0.15, 0.2) is 0 Å². The molecule has 0 aromatic heterocycles. The molecule has 44 valence electrons. The summed E-state index contributed by atoms with van der Waals surface area (Å²) in [4.78, 5) is 0. The highest BCUT2D eigenvalue weighted by molar-refractivity contribution is 5.01. The van der Waals surface area contributed by atoms with Gasteiger partial charge in [0.2, 0.25) is 0 Å². The summed E-state index contributed by atoms with van der Waals surface area (Å²) >= 11 is 0. The quantitative estimate of drug-likeness (QED) is 0.365. The predicted octanol–water partition coefficient (Wildman–Crippen LogP) is 1.19. The number of hydrogen-bond acceptors (Lipinski definition) is 1. The van der Waals surface area contributed by atoms with E-state index >= 15 is 0 Å². The maximum atomic E-state index is 4.95. The van der Waals surface area contributed by atoms with E-state index in [1.54, 1.807) is 0 Å². The Bertz CT molecular complexity index is 114. The summed E-state index contributed by atoms with van der Waals surface area (Å²) in [5, 5.41) is 0. The molecule has 1 unspecified atom stereocenters. The normalized spacial score (nSPS) is 23.9. The summed E-state index contributed by atoms with van der Waals surface area (Å²) in [6.07, 6.45) is 2.38. The van der Waals surface area contributed by atoms with Gasteiger partial charge < -0.3 is 4.74 Å². The largest absolute Gasteiger partial charge is 0.372 e. The first-order chi connectivity index (χ1) is 3.93. The van der Waals surface area contributed by atoms with Gasteiger partial charge in [-0.25, -0.2) is 0 Å². The molecule has 1 fully saturated rings. The Kier molecular flexibility index (Phi) is 1.93. The molecule has 0 aliphatic carbocycles. The summed E-state index contributed by atoms with van der Waals surface area (Å²) in [5.41, 5.74) is 0. The third-order valence-corrected chi connectivity index (χ3v) is 1.03. The van der Waals surface area contributed by atoms with Crippen LogP contribution in [0.3, 0.4) is 0 Å². The average molecular weight is 110 g/mol. The molecule has 1 nitrogen and oxygen atoms in total. The SMILES string of the molecule is CCC#CCC1CO1. The van der Waals surface area contributed by atoms with Crippen molar-refractivity contribution in [2.75, 3.05) is 6.61 Å². The molecule has 1 heterocycles. The summed E-state index contributed by atoms with van der Waals surface area (Å²) in [6, 6.07) is 0. The maximum Gasteiger partial charge on any atom is 0.0918 e. The Morgan fingerprint density at radius 3 is 2.88 bits per heavy atom. The smallest absolute Gasteiger partial charge is 0.0918 e. The molecule has 0 spiro atoms. The monoisotopic (exact) mass is 110 g/mol. The van der Waals surface area contributed by atoms with Crippen molar-refractivity contribution in [1.29, 1.82) is 0 Å². The van der Waals surface area contributed by atoms with Crippen LogP contribution in [0.2, 0.25) is 0 Å². The van der Waals surface area contributed by atoms with Crippen LogP contribution in [0.5, 0.6) is 0 Å². The van der Waals surface area contributed by atoms with Crippen LogP contribution in [0, 0.1) is 11.8 Å². The van der Waals surface area contributed by atoms with Crippen LogP contribution < -0.4 is 0 Å². The van der Waals surface area contributed by atoms with Crippen molar-refractivity contribution in [3.63, 3.8) is 0 Å². The van der Waals surface area contributed by atoms with E-state index in [4.69, 9.17) is 4.74 Å². The number of ether oxygens (including phenoxy) is 1. The van der Waals surface area contributed by atoms with E-state index in [9.17, 15) is 0 Å². The summed E-state index contributed by atoms with van der Waals surface area (Å²) in [7, 11) is 0. The van der Waals surface area contributed by atoms with Crippen LogP contribution in [-0.2, 0) is 4.74 Å². The zero-order valence-electron chi connectivity index (χ0n) is 5.11. The molecule has 1 aliphatic heterocycles. The molecular formula is C7H10O. The molecule has 0 radical (unpaired) electrons. The molecule has 0 N–H and O–H groups in total. The molecule has 1 heteroatoms. The second-order valence-electron chi connectivity index (χ2n) is 1.87. The molecule has 1 aliphatic rings. The van der Waals surface area contributed by atoms with Crippen molar-refractivity contribution in [1.82, 2.24) is 0 Å². The van der Waals surface area contributed by atoms with Crippen molar-refractivity contribution in [3.8, 4) is 11.8 Å². The number of hydrogen-bond donors (Lipinski definition) is 0. The predicted molar refractivity (Wildman–Crippen MR) is 32.4 cm³/mol. The molecule has 1 saturated heterocycles. The van der Waals surface area contributed by atoms with Gasteiger partial charge in [0, 0.05) is 12.8 Å². The van der Waals surface area contributed by atoms with Gasteiger partial charge in [0.05, 0.1) is 12.7 Å². The zero-order valence-corrected chi connectivity index (χ0v) is 5.11. The minimum Gasteiger partial charge on any atom is -0.372 e. The van der Waals surface area contributed by atoms with Crippen molar-refractivity contribution in [2.24, 2.45) is 0 Å². The minimum absolute atomic E-state index is 0.481. The summed E-state index contributed by atoms with van der Waals surface area (Å²) in [6.45, 7) is 2.99. The second kappa shape index (κ2) is 2.74. The molecule has 0 saturated carbocycles. The van der Waals surface area contributed by atoms with Gasteiger partial charge in [0.1, 0.15) is 0 Å². The van der Waals surface area contributed by atoms with E-state index in [1.807, 2.05) is 0 Å². The van der Waals surface area contributed by atoms with Gasteiger partial charge in [-0.3, -0.25) is 0 Å². The molecule has 1 atom stereocenters. The molecule has 0 aromatic carbocycles.